The second kappa shape index (κ2) is 3.86. The van der Waals surface area contributed by atoms with Gasteiger partial charge in [-0.25, -0.2) is 4.98 Å². The highest BCUT2D eigenvalue weighted by molar-refractivity contribution is 9.10. The third kappa shape index (κ3) is 1.57. The van der Waals surface area contributed by atoms with E-state index in [9.17, 15) is 0 Å². The highest BCUT2D eigenvalue weighted by atomic mass is 79.9. The molecule has 1 saturated heterocycles. The van der Waals surface area contributed by atoms with Crippen molar-refractivity contribution in [2.45, 2.75) is 12.3 Å². The van der Waals surface area contributed by atoms with E-state index in [2.05, 4.69) is 55.6 Å². The van der Waals surface area contributed by atoms with Crippen LogP contribution < -0.4 is 0 Å². The van der Waals surface area contributed by atoms with Gasteiger partial charge in [0.15, 0.2) is 0 Å². The van der Waals surface area contributed by atoms with Crippen molar-refractivity contribution in [1.82, 2.24) is 14.3 Å². The van der Waals surface area contributed by atoms with E-state index in [1.807, 2.05) is 6.20 Å². The van der Waals surface area contributed by atoms with Crippen molar-refractivity contribution in [3.05, 3.63) is 34.8 Å². The average Bonchev–Trinajstić information content (AvgIpc) is 2.84. The molecule has 3 rings (SSSR count). The standard InChI is InChI=1S/C12H14BrN3/c1-15-6-4-9(8-15)12-14-7-11-10(13)3-2-5-16(11)12/h2-3,5,7,9H,4,6,8H2,1H3. The van der Waals surface area contributed by atoms with Crippen molar-refractivity contribution in [3.8, 4) is 0 Å². The van der Waals surface area contributed by atoms with Gasteiger partial charge in [0.2, 0.25) is 0 Å². The summed E-state index contributed by atoms with van der Waals surface area (Å²) >= 11 is 3.56. The Hall–Kier alpha value is -0.870. The van der Waals surface area contributed by atoms with E-state index in [0.29, 0.717) is 5.92 Å². The smallest absolute Gasteiger partial charge is 0.117 e. The minimum atomic E-state index is 0.571. The zero-order valence-corrected chi connectivity index (χ0v) is 10.8. The molecule has 1 unspecified atom stereocenters. The Morgan fingerprint density at radius 2 is 2.38 bits per heavy atom. The summed E-state index contributed by atoms with van der Waals surface area (Å²) in [6.45, 7) is 2.29. The maximum absolute atomic E-state index is 4.58. The molecule has 0 bridgehead atoms. The van der Waals surface area contributed by atoms with E-state index in [4.69, 9.17) is 0 Å². The van der Waals surface area contributed by atoms with Gasteiger partial charge in [-0.05, 0) is 48.1 Å². The van der Waals surface area contributed by atoms with Gasteiger partial charge >= 0.3 is 0 Å². The number of aromatic nitrogens is 2. The fourth-order valence-corrected chi connectivity index (χ4v) is 2.90. The van der Waals surface area contributed by atoms with Crippen molar-refractivity contribution < 1.29 is 0 Å². The van der Waals surface area contributed by atoms with Crippen LogP contribution in [0.3, 0.4) is 0 Å². The molecule has 0 radical (unpaired) electrons. The number of nitrogens with zero attached hydrogens (tertiary/aromatic N) is 3. The molecule has 1 aliphatic heterocycles. The SMILES string of the molecule is CN1CCC(c2ncc3c(Br)cccn23)C1. The lowest BCUT2D eigenvalue weighted by Gasteiger charge is -2.09. The lowest BCUT2D eigenvalue weighted by molar-refractivity contribution is 0.409. The first-order chi connectivity index (χ1) is 7.75. The first-order valence-corrected chi connectivity index (χ1v) is 6.35. The largest absolute Gasteiger partial charge is 0.306 e. The summed E-state index contributed by atoms with van der Waals surface area (Å²) in [7, 11) is 2.17. The predicted molar refractivity (Wildman–Crippen MR) is 67.7 cm³/mol. The fourth-order valence-electron chi connectivity index (χ4n) is 2.46. The number of hydrogen-bond acceptors (Lipinski definition) is 2. The minimum absolute atomic E-state index is 0.571. The Kier molecular flexibility index (Phi) is 2.48. The van der Waals surface area contributed by atoms with Crippen LogP contribution in [-0.2, 0) is 0 Å². The summed E-state index contributed by atoms with van der Waals surface area (Å²) in [5, 5.41) is 0. The van der Waals surface area contributed by atoms with Crippen molar-refractivity contribution in [2.24, 2.45) is 0 Å². The van der Waals surface area contributed by atoms with E-state index in [-0.39, 0.29) is 0 Å². The van der Waals surface area contributed by atoms with Crippen LogP contribution in [0.15, 0.2) is 29.0 Å². The molecule has 0 aromatic carbocycles. The molecule has 0 spiro atoms. The van der Waals surface area contributed by atoms with Crippen LogP contribution in [0, 0.1) is 0 Å². The Balaban J connectivity index is 2.08. The number of fused-ring (bicyclic) bond motifs is 1. The van der Waals surface area contributed by atoms with Gasteiger partial charge < -0.3 is 9.30 Å². The second-order valence-electron chi connectivity index (χ2n) is 4.48. The Morgan fingerprint density at radius 3 is 3.12 bits per heavy atom. The van der Waals surface area contributed by atoms with Crippen LogP contribution in [-0.4, -0.2) is 34.4 Å². The molecular formula is C12H14BrN3. The molecule has 2 aromatic heterocycles. The van der Waals surface area contributed by atoms with Crippen LogP contribution in [0.1, 0.15) is 18.2 Å². The minimum Gasteiger partial charge on any atom is -0.306 e. The zero-order chi connectivity index (χ0) is 11.1. The van der Waals surface area contributed by atoms with Gasteiger partial charge in [0.05, 0.1) is 11.7 Å². The summed E-state index contributed by atoms with van der Waals surface area (Å²) in [4.78, 5) is 6.94. The quantitative estimate of drug-likeness (QED) is 0.800. The third-order valence-corrected chi connectivity index (χ3v) is 3.97. The Bertz CT molecular complexity index is 520. The van der Waals surface area contributed by atoms with Crippen LogP contribution >= 0.6 is 15.9 Å². The number of hydrogen-bond donors (Lipinski definition) is 0. The van der Waals surface area contributed by atoms with Gasteiger partial charge in [0.25, 0.3) is 0 Å². The van der Waals surface area contributed by atoms with E-state index >= 15 is 0 Å². The maximum Gasteiger partial charge on any atom is 0.117 e. The Labute approximate surface area is 103 Å². The van der Waals surface area contributed by atoms with Crippen molar-refractivity contribution >= 4 is 21.4 Å². The lowest BCUT2D eigenvalue weighted by atomic mass is 10.1. The van der Waals surface area contributed by atoms with Gasteiger partial charge in [-0.15, -0.1) is 0 Å². The fraction of sp³-hybridized carbons (Fsp3) is 0.417. The molecule has 16 heavy (non-hydrogen) atoms. The molecule has 3 nitrogen and oxygen atoms in total. The van der Waals surface area contributed by atoms with E-state index in [0.717, 1.165) is 16.5 Å². The first-order valence-electron chi connectivity index (χ1n) is 5.56. The predicted octanol–water partition coefficient (Wildman–Crippen LogP) is 2.52. The second-order valence-corrected chi connectivity index (χ2v) is 5.33. The first kappa shape index (κ1) is 10.3. The van der Waals surface area contributed by atoms with Gasteiger partial charge in [-0.2, -0.15) is 0 Å². The van der Waals surface area contributed by atoms with Gasteiger partial charge in [-0.1, -0.05) is 0 Å². The molecule has 2 aromatic rings. The number of likely N-dealkylation sites (tertiary alicyclic amines) is 1. The van der Waals surface area contributed by atoms with E-state index in [1.165, 1.54) is 18.8 Å². The zero-order valence-electron chi connectivity index (χ0n) is 9.23. The third-order valence-electron chi connectivity index (χ3n) is 3.30. The summed E-state index contributed by atoms with van der Waals surface area (Å²) in [5.74, 6) is 1.77. The molecular weight excluding hydrogens is 266 g/mol. The van der Waals surface area contributed by atoms with Crippen LogP contribution in [0.5, 0.6) is 0 Å². The molecule has 4 heteroatoms. The Morgan fingerprint density at radius 1 is 1.50 bits per heavy atom. The summed E-state index contributed by atoms with van der Waals surface area (Å²) < 4.78 is 3.31. The number of likely N-dealkylation sites (N-methyl/N-ethyl adjacent to an activating group) is 1. The number of halogens is 1. The van der Waals surface area contributed by atoms with Crippen LogP contribution in [0.2, 0.25) is 0 Å². The average molecular weight is 280 g/mol. The van der Waals surface area contributed by atoms with Crippen molar-refractivity contribution in [1.29, 1.82) is 0 Å². The molecule has 0 N–H and O–H groups in total. The van der Waals surface area contributed by atoms with Crippen LogP contribution in [0.4, 0.5) is 0 Å². The topological polar surface area (TPSA) is 20.5 Å². The summed E-state index contributed by atoms with van der Waals surface area (Å²) in [5.41, 5.74) is 1.16. The van der Waals surface area contributed by atoms with Gasteiger partial charge in [0.1, 0.15) is 5.82 Å². The molecule has 0 saturated carbocycles. The molecule has 1 aliphatic rings. The number of imidazole rings is 1. The molecule has 1 fully saturated rings. The van der Waals surface area contributed by atoms with E-state index < -0.39 is 0 Å². The van der Waals surface area contributed by atoms with E-state index in [1.54, 1.807) is 0 Å². The monoisotopic (exact) mass is 279 g/mol. The van der Waals surface area contributed by atoms with Gasteiger partial charge in [0, 0.05) is 23.1 Å². The lowest BCUT2D eigenvalue weighted by Crippen LogP contribution is -2.14. The molecule has 84 valence electrons. The number of pyridine rings is 1. The molecule has 0 amide bonds. The maximum atomic E-state index is 4.58. The normalized spacial score (nSPS) is 22.0. The molecule has 1 atom stereocenters. The van der Waals surface area contributed by atoms with Crippen molar-refractivity contribution in [2.75, 3.05) is 20.1 Å². The summed E-state index contributed by atoms with van der Waals surface area (Å²) in [6, 6.07) is 4.11. The highest BCUT2D eigenvalue weighted by Crippen LogP contribution is 2.27. The van der Waals surface area contributed by atoms with Crippen molar-refractivity contribution in [3.63, 3.8) is 0 Å². The number of rotatable bonds is 1. The highest BCUT2D eigenvalue weighted by Gasteiger charge is 2.24. The van der Waals surface area contributed by atoms with Gasteiger partial charge in [-0.3, -0.25) is 0 Å². The van der Waals surface area contributed by atoms with Crippen LogP contribution in [0.25, 0.3) is 5.52 Å². The molecule has 0 aliphatic carbocycles. The summed E-state index contributed by atoms with van der Waals surface area (Å²) in [6.07, 6.45) is 5.26. The molecule has 3 heterocycles.